The molecule has 0 N–H and O–H groups in total. The molecule has 1 unspecified atom stereocenters. The fourth-order valence-corrected chi connectivity index (χ4v) is 5.26. The van der Waals surface area contributed by atoms with E-state index in [9.17, 15) is 13.2 Å². The number of carbonyl (C=O) groups excluding carboxylic acids is 1. The van der Waals surface area contributed by atoms with Gasteiger partial charge in [0.15, 0.2) is 9.84 Å². The molecule has 0 spiro atoms. The molecule has 1 amide bonds. The van der Waals surface area contributed by atoms with Gasteiger partial charge in [0.1, 0.15) is 5.69 Å². The molecule has 0 saturated carbocycles. The van der Waals surface area contributed by atoms with Gasteiger partial charge in [-0.2, -0.15) is 0 Å². The minimum absolute atomic E-state index is 0.0203. The van der Waals surface area contributed by atoms with Crippen molar-refractivity contribution in [3.05, 3.63) is 23.0 Å². The molecular formula is C14H20ClN3O3S. The number of piperazine rings is 1. The highest BCUT2D eigenvalue weighted by molar-refractivity contribution is 7.91. The lowest BCUT2D eigenvalue weighted by Gasteiger charge is -2.37. The van der Waals surface area contributed by atoms with Crippen molar-refractivity contribution in [2.75, 3.05) is 37.7 Å². The first kappa shape index (κ1) is 15.8. The lowest BCUT2D eigenvalue weighted by Crippen LogP contribution is -2.52. The van der Waals surface area contributed by atoms with E-state index < -0.39 is 9.84 Å². The van der Waals surface area contributed by atoms with Crippen LogP contribution in [0.1, 0.15) is 16.9 Å². The van der Waals surface area contributed by atoms with Crippen molar-refractivity contribution in [3.8, 4) is 0 Å². The molecular weight excluding hydrogens is 326 g/mol. The molecule has 3 rings (SSSR count). The largest absolute Gasteiger partial charge is 0.345 e. The monoisotopic (exact) mass is 345 g/mol. The van der Waals surface area contributed by atoms with Gasteiger partial charge in [0, 0.05) is 45.5 Å². The van der Waals surface area contributed by atoms with Gasteiger partial charge in [0.2, 0.25) is 0 Å². The summed E-state index contributed by atoms with van der Waals surface area (Å²) in [6, 6.07) is 1.80. The van der Waals surface area contributed by atoms with E-state index in [2.05, 4.69) is 4.90 Å². The van der Waals surface area contributed by atoms with Crippen LogP contribution in [-0.4, -0.2) is 72.4 Å². The number of nitrogens with zero attached hydrogens (tertiary/aromatic N) is 3. The Balaban J connectivity index is 1.60. The molecule has 1 atom stereocenters. The van der Waals surface area contributed by atoms with Gasteiger partial charge in [-0.15, -0.1) is 0 Å². The molecule has 0 radical (unpaired) electrons. The number of sulfone groups is 1. The molecule has 22 heavy (non-hydrogen) atoms. The van der Waals surface area contributed by atoms with Crippen LogP contribution >= 0.6 is 11.6 Å². The summed E-state index contributed by atoms with van der Waals surface area (Å²) in [7, 11) is -1.06. The summed E-state index contributed by atoms with van der Waals surface area (Å²) in [5.41, 5.74) is 0.585. The summed E-state index contributed by atoms with van der Waals surface area (Å²) >= 11 is 5.93. The van der Waals surface area contributed by atoms with Crippen molar-refractivity contribution < 1.29 is 13.2 Å². The van der Waals surface area contributed by atoms with E-state index in [1.54, 1.807) is 23.9 Å². The summed E-state index contributed by atoms with van der Waals surface area (Å²) < 4.78 is 24.9. The predicted molar refractivity (Wildman–Crippen MR) is 85.0 cm³/mol. The smallest absolute Gasteiger partial charge is 0.270 e. The second kappa shape index (κ2) is 5.86. The summed E-state index contributed by atoms with van der Waals surface area (Å²) in [5.74, 6) is 0.528. The summed E-state index contributed by atoms with van der Waals surface area (Å²) in [6.45, 7) is 2.70. The summed E-state index contributed by atoms with van der Waals surface area (Å²) in [5, 5.41) is 0.556. The van der Waals surface area contributed by atoms with E-state index in [4.69, 9.17) is 11.6 Å². The second-order valence-corrected chi connectivity index (χ2v) is 8.70. The van der Waals surface area contributed by atoms with Crippen molar-refractivity contribution in [2.45, 2.75) is 12.5 Å². The third-order valence-electron chi connectivity index (χ3n) is 4.52. The van der Waals surface area contributed by atoms with Crippen molar-refractivity contribution in [1.82, 2.24) is 14.4 Å². The average Bonchev–Trinajstić information content (AvgIpc) is 3.00. The Morgan fingerprint density at radius 1 is 1.27 bits per heavy atom. The minimum atomic E-state index is -2.86. The zero-order valence-corrected chi connectivity index (χ0v) is 14.1. The summed E-state index contributed by atoms with van der Waals surface area (Å²) in [4.78, 5) is 16.5. The Kier molecular flexibility index (Phi) is 4.22. The second-order valence-electron chi connectivity index (χ2n) is 6.04. The third-order valence-corrected chi connectivity index (χ3v) is 6.47. The highest BCUT2D eigenvalue weighted by Gasteiger charge is 2.34. The molecule has 1 aromatic heterocycles. The van der Waals surface area contributed by atoms with Crippen LogP contribution in [0.5, 0.6) is 0 Å². The molecule has 2 aliphatic rings. The van der Waals surface area contributed by atoms with Gasteiger partial charge in [-0.1, -0.05) is 11.6 Å². The molecule has 2 saturated heterocycles. The maximum atomic E-state index is 12.5. The van der Waals surface area contributed by atoms with Crippen LogP contribution in [0.25, 0.3) is 0 Å². The van der Waals surface area contributed by atoms with Gasteiger partial charge in [0.05, 0.1) is 16.5 Å². The lowest BCUT2D eigenvalue weighted by molar-refractivity contribution is 0.0579. The van der Waals surface area contributed by atoms with E-state index in [0.717, 1.165) is 13.1 Å². The first-order chi connectivity index (χ1) is 10.4. The maximum absolute atomic E-state index is 12.5. The fraction of sp³-hybridized carbons (Fsp3) is 0.643. The highest BCUT2D eigenvalue weighted by Crippen LogP contribution is 2.20. The van der Waals surface area contributed by atoms with Gasteiger partial charge in [-0.25, -0.2) is 8.42 Å². The van der Waals surface area contributed by atoms with E-state index in [1.807, 2.05) is 4.90 Å². The molecule has 0 aromatic carbocycles. The fourth-order valence-electron chi connectivity index (χ4n) is 3.25. The van der Waals surface area contributed by atoms with Gasteiger partial charge < -0.3 is 9.47 Å². The molecule has 2 fully saturated rings. The van der Waals surface area contributed by atoms with Crippen LogP contribution < -0.4 is 0 Å². The van der Waals surface area contributed by atoms with Crippen LogP contribution in [0.4, 0.5) is 0 Å². The minimum Gasteiger partial charge on any atom is -0.345 e. The number of hydrogen-bond donors (Lipinski definition) is 0. The molecule has 6 nitrogen and oxygen atoms in total. The Labute approximate surface area is 135 Å². The number of amides is 1. The Morgan fingerprint density at radius 2 is 1.95 bits per heavy atom. The number of carbonyl (C=O) groups is 1. The van der Waals surface area contributed by atoms with Gasteiger partial charge in [-0.05, 0) is 12.5 Å². The Bertz CT molecular complexity index is 678. The number of hydrogen-bond acceptors (Lipinski definition) is 4. The molecule has 8 heteroatoms. The number of aryl methyl sites for hydroxylation is 1. The van der Waals surface area contributed by atoms with Crippen molar-refractivity contribution >= 4 is 27.3 Å². The molecule has 3 heterocycles. The molecule has 0 aliphatic carbocycles. The SMILES string of the molecule is Cn1cc(Cl)cc1C(=O)N1CCN(C2CCS(=O)(=O)C2)CC1. The van der Waals surface area contributed by atoms with Crippen molar-refractivity contribution in [3.63, 3.8) is 0 Å². The van der Waals surface area contributed by atoms with Crippen LogP contribution in [0.15, 0.2) is 12.3 Å². The topological polar surface area (TPSA) is 62.6 Å². The highest BCUT2D eigenvalue weighted by atomic mass is 35.5. The van der Waals surface area contributed by atoms with Gasteiger partial charge in [-0.3, -0.25) is 9.69 Å². The zero-order chi connectivity index (χ0) is 15.9. The van der Waals surface area contributed by atoms with Crippen LogP contribution in [0, 0.1) is 0 Å². The van der Waals surface area contributed by atoms with Gasteiger partial charge in [0.25, 0.3) is 5.91 Å². The third kappa shape index (κ3) is 3.16. The zero-order valence-electron chi connectivity index (χ0n) is 12.5. The van der Waals surface area contributed by atoms with Gasteiger partial charge >= 0.3 is 0 Å². The van der Waals surface area contributed by atoms with Crippen LogP contribution in [-0.2, 0) is 16.9 Å². The number of halogens is 1. The summed E-state index contributed by atoms with van der Waals surface area (Å²) in [6.07, 6.45) is 2.43. The molecule has 0 bridgehead atoms. The number of aromatic nitrogens is 1. The quantitative estimate of drug-likeness (QED) is 0.788. The first-order valence-corrected chi connectivity index (χ1v) is 9.61. The normalized spacial score (nSPS) is 25.5. The first-order valence-electron chi connectivity index (χ1n) is 7.41. The van der Waals surface area contributed by atoms with E-state index in [-0.39, 0.29) is 17.7 Å². The molecule has 2 aliphatic heterocycles. The van der Waals surface area contributed by atoms with Crippen molar-refractivity contribution in [1.29, 1.82) is 0 Å². The van der Waals surface area contributed by atoms with E-state index >= 15 is 0 Å². The Morgan fingerprint density at radius 3 is 2.45 bits per heavy atom. The van der Waals surface area contributed by atoms with Crippen molar-refractivity contribution in [2.24, 2.45) is 7.05 Å². The Hall–Kier alpha value is -1.05. The standard InChI is InChI=1S/C14H20ClN3O3S/c1-16-9-11(15)8-13(16)14(19)18-5-3-17(4-6-18)12-2-7-22(20,21)10-12/h8-9,12H,2-7,10H2,1H3. The number of rotatable bonds is 2. The van der Waals surface area contributed by atoms with Crippen LogP contribution in [0.3, 0.4) is 0 Å². The predicted octanol–water partition coefficient (Wildman–Crippen LogP) is 0.623. The average molecular weight is 346 g/mol. The van der Waals surface area contributed by atoms with Crippen LogP contribution in [0.2, 0.25) is 5.02 Å². The van der Waals surface area contributed by atoms with E-state index in [0.29, 0.717) is 36.0 Å². The lowest BCUT2D eigenvalue weighted by atomic mass is 10.2. The molecule has 1 aromatic rings. The molecule has 122 valence electrons. The van der Waals surface area contributed by atoms with E-state index in [1.165, 1.54) is 0 Å². The maximum Gasteiger partial charge on any atom is 0.270 e.